The highest BCUT2D eigenvalue weighted by Crippen LogP contribution is 2.32. The molecule has 0 amide bonds. The van der Waals surface area contributed by atoms with Crippen molar-refractivity contribution in [2.24, 2.45) is 0 Å². The third-order valence-electron chi connectivity index (χ3n) is 5.65. The minimum absolute atomic E-state index is 0.0345. The van der Waals surface area contributed by atoms with Crippen LogP contribution in [0.1, 0.15) is 28.4 Å². The van der Waals surface area contributed by atoms with Crippen LogP contribution < -0.4 is 15.4 Å². The van der Waals surface area contributed by atoms with E-state index < -0.39 is 55.3 Å². The van der Waals surface area contributed by atoms with E-state index in [1.165, 1.54) is 6.20 Å². The number of allylic oxidation sites excluding steroid dienone is 1. The fraction of sp³-hybridized carbons (Fsp3) is 0.120. The van der Waals surface area contributed by atoms with Crippen molar-refractivity contribution in [2.45, 2.75) is 18.0 Å². The summed E-state index contributed by atoms with van der Waals surface area (Å²) in [5, 5.41) is 13.3. The SMILES string of the molecule is CCN/C=C(\C=N)Nc1ncnc2[nH]cc(C(=O)c3c(F)ccc(NS(=O)(=O)c4ccc(C(F)(F)F)cc4)c3F)c12. The number of H-pyrrole nitrogens is 1. The molecule has 10 nitrogen and oxygen atoms in total. The summed E-state index contributed by atoms with van der Waals surface area (Å²) in [4.78, 5) is 23.6. The number of hydrogen-bond donors (Lipinski definition) is 5. The van der Waals surface area contributed by atoms with Crippen LogP contribution in [0.2, 0.25) is 0 Å². The lowest BCUT2D eigenvalue weighted by molar-refractivity contribution is -0.137. The van der Waals surface area contributed by atoms with Crippen LogP contribution in [0.15, 0.2) is 65.7 Å². The van der Waals surface area contributed by atoms with E-state index in [0.29, 0.717) is 36.9 Å². The van der Waals surface area contributed by atoms with Crippen LogP contribution in [0.4, 0.5) is 33.5 Å². The average Bonchev–Trinajstić information content (AvgIpc) is 3.37. The number of alkyl halides is 3. The van der Waals surface area contributed by atoms with Crippen molar-refractivity contribution in [1.82, 2.24) is 20.3 Å². The molecule has 16 heteroatoms. The van der Waals surface area contributed by atoms with Gasteiger partial charge in [-0.1, -0.05) is 0 Å². The van der Waals surface area contributed by atoms with Gasteiger partial charge in [0.2, 0.25) is 5.78 Å². The van der Waals surface area contributed by atoms with Gasteiger partial charge < -0.3 is 21.0 Å². The molecular formula is C25H20F5N7O3S. The summed E-state index contributed by atoms with van der Waals surface area (Å²) in [6.07, 6.45) is 0.0303. The molecule has 2 aromatic carbocycles. The number of sulfonamides is 1. The standard InChI is InChI=1S/C25H20F5N7O3S/c1-2-32-10-14(9-31)36-24-19-16(11-33-23(19)34-12-35-24)22(38)20-17(26)7-8-18(21(20)27)37-41(39,40)15-5-3-13(4-6-15)25(28,29)30/h3-12,31-32,37H,2H2,1H3,(H2,33,34,35,36)/b14-10+,31-9?. The van der Waals surface area contributed by atoms with E-state index in [9.17, 15) is 30.8 Å². The van der Waals surface area contributed by atoms with Crippen LogP contribution in [-0.4, -0.2) is 41.9 Å². The highest BCUT2D eigenvalue weighted by molar-refractivity contribution is 7.92. The Morgan fingerprint density at radius 1 is 1.10 bits per heavy atom. The van der Waals surface area contributed by atoms with Gasteiger partial charge in [0.1, 0.15) is 23.6 Å². The fourth-order valence-corrected chi connectivity index (χ4v) is 4.76. The summed E-state index contributed by atoms with van der Waals surface area (Å²) in [6, 6.07) is 3.81. The number of benzene rings is 2. The Balaban J connectivity index is 1.72. The zero-order valence-electron chi connectivity index (χ0n) is 20.9. The maximum Gasteiger partial charge on any atom is 0.416 e. The van der Waals surface area contributed by atoms with Crippen molar-refractivity contribution in [3.63, 3.8) is 0 Å². The molecule has 0 aliphatic rings. The van der Waals surface area contributed by atoms with Crippen LogP contribution in [0, 0.1) is 17.0 Å². The molecule has 0 spiro atoms. The predicted molar refractivity (Wildman–Crippen MR) is 140 cm³/mol. The summed E-state index contributed by atoms with van der Waals surface area (Å²) in [5.74, 6) is -4.02. The molecule has 41 heavy (non-hydrogen) atoms. The molecule has 4 rings (SSSR count). The first-order valence-corrected chi connectivity index (χ1v) is 13.1. The lowest BCUT2D eigenvalue weighted by Gasteiger charge is -2.13. The molecule has 2 heterocycles. The number of aromatic amines is 1. The van der Waals surface area contributed by atoms with E-state index in [1.54, 1.807) is 0 Å². The smallest absolute Gasteiger partial charge is 0.389 e. The molecule has 214 valence electrons. The number of carbonyl (C=O) groups excluding carboxylic acids is 1. The van der Waals surface area contributed by atoms with Gasteiger partial charge in [0, 0.05) is 25.2 Å². The number of halogens is 5. The number of rotatable bonds is 10. The second-order valence-electron chi connectivity index (χ2n) is 8.32. The number of nitrogens with zero attached hydrogens (tertiary/aromatic N) is 2. The largest absolute Gasteiger partial charge is 0.416 e. The van der Waals surface area contributed by atoms with Gasteiger partial charge in [0.15, 0.2) is 5.82 Å². The van der Waals surface area contributed by atoms with Crippen molar-refractivity contribution >= 4 is 44.6 Å². The summed E-state index contributed by atoms with van der Waals surface area (Å²) >= 11 is 0. The highest BCUT2D eigenvalue weighted by atomic mass is 32.2. The van der Waals surface area contributed by atoms with E-state index >= 15 is 4.39 Å². The van der Waals surface area contributed by atoms with Crippen molar-refractivity contribution in [1.29, 1.82) is 5.41 Å². The molecule has 2 aromatic heterocycles. The molecule has 0 unspecified atom stereocenters. The third-order valence-corrected chi connectivity index (χ3v) is 7.03. The summed E-state index contributed by atoms with van der Waals surface area (Å²) in [7, 11) is -4.63. The van der Waals surface area contributed by atoms with Crippen LogP contribution in [0.25, 0.3) is 11.0 Å². The Morgan fingerprint density at radius 3 is 2.44 bits per heavy atom. The maximum atomic E-state index is 15.5. The van der Waals surface area contributed by atoms with Crippen molar-refractivity contribution in [2.75, 3.05) is 16.6 Å². The topological polar surface area (TPSA) is 153 Å². The van der Waals surface area contributed by atoms with E-state index in [1.807, 2.05) is 11.6 Å². The molecule has 0 aliphatic heterocycles. The molecule has 5 N–H and O–H groups in total. The first-order valence-electron chi connectivity index (χ1n) is 11.6. The Hall–Kier alpha value is -4.86. The number of aromatic nitrogens is 3. The molecule has 0 saturated heterocycles. The van der Waals surface area contributed by atoms with Gasteiger partial charge in [-0.3, -0.25) is 9.52 Å². The van der Waals surface area contributed by atoms with Crippen LogP contribution in [0.3, 0.4) is 0 Å². The maximum absolute atomic E-state index is 15.5. The molecule has 4 aromatic rings. The summed E-state index contributed by atoms with van der Waals surface area (Å²) < 4.78 is 96.2. The van der Waals surface area contributed by atoms with Gasteiger partial charge in [-0.05, 0) is 43.3 Å². The Kier molecular flexibility index (Phi) is 8.05. The Bertz CT molecular complexity index is 1770. The fourth-order valence-electron chi connectivity index (χ4n) is 3.70. The van der Waals surface area contributed by atoms with Crippen LogP contribution >= 0.6 is 0 Å². The van der Waals surface area contributed by atoms with Crippen molar-refractivity contribution in [3.8, 4) is 0 Å². The number of anilines is 2. The quantitative estimate of drug-likeness (QED) is 0.101. The lowest BCUT2D eigenvalue weighted by atomic mass is 10.0. The van der Waals surface area contributed by atoms with E-state index in [0.717, 1.165) is 24.8 Å². The van der Waals surface area contributed by atoms with E-state index in [2.05, 4.69) is 25.6 Å². The minimum atomic E-state index is -4.71. The molecule has 0 radical (unpaired) electrons. The molecular weight excluding hydrogens is 573 g/mol. The van der Waals surface area contributed by atoms with Gasteiger partial charge >= 0.3 is 6.18 Å². The second kappa shape index (κ2) is 11.3. The van der Waals surface area contributed by atoms with Crippen molar-refractivity contribution < 1.29 is 35.2 Å². The second-order valence-corrected chi connectivity index (χ2v) is 10.00. The zero-order valence-corrected chi connectivity index (χ0v) is 21.7. The molecule has 0 bridgehead atoms. The predicted octanol–water partition coefficient (Wildman–Crippen LogP) is 4.80. The van der Waals surface area contributed by atoms with E-state index in [-0.39, 0.29) is 28.1 Å². The van der Waals surface area contributed by atoms with Gasteiger partial charge in [-0.25, -0.2) is 27.2 Å². The monoisotopic (exact) mass is 593 g/mol. The van der Waals surface area contributed by atoms with Gasteiger partial charge in [0.25, 0.3) is 10.0 Å². The molecule has 0 aliphatic carbocycles. The van der Waals surface area contributed by atoms with Gasteiger partial charge in [-0.15, -0.1) is 0 Å². The van der Waals surface area contributed by atoms with E-state index in [4.69, 9.17) is 5.41 Å². The van der Waals surface area contributed by atoms with Gasteiger partial charge in [-0.2, -0.15) is 13.2 Å². The number of fused-ring (bicyclic) bond motifs is 1. The summed E-state index contributed by atoms with van der Waals surface area (Å²) in [5.41, 5.74) is -2.93. The van der Waals surface area contributed by atoms with Crippen LogP contribution in [-0.2, 0) is 16.2 Å². The molecule has 0 fully saturated rings. The first kappa shape index (κ1) is 29.1. The number of hydrogen-bond acceptors (Lipinski definition) is 8. The number of carbonyl (C=O) groups is 1. The lowest BCUT2D eigenvalue weighted by Crippen LogP contribution is -2.17. The molecule has 0 atom stereocenters. The normalized spacial score (nSPS) is 12.3. The van der Waals surface area contributed by atoms with Crippen LogP contribution in [0.5, 0.6) is 0 Å². The van der Waals surface area contributed by atoms with Crippen molar-refractivity contribution in [3.05, 3.63) is 89.1 Å². The highest BCUT2D eigenvalue weighted by Gasteiger charge is 2.31. The number of ketones is 1. The minimum Gasteiger partial charge on any atom is -0.389 e. The zero-order chi connectivity index (χ0) is 29.9. The third kappa shape index (κ3) is 6.01. The summed E-state index contributed by atoms with van der Waals surface area (Å²) in [6.45, 7) is 2.37. The molecule has 0 saturated carbocycles. The van der Waals surface area contributed by atoms with Gasteiger partial charge in [0.05, 0.1) is 38.4 Å². The number of nitrogens with one attached hydrogen (secondary N) is 5. The average molecular weight is 594 g/mol. The Morgan fingerprint density at radius 2 is 1.80 bits per heavy atom. The first-order chi connectivity index (χ1) is 19.4. The Labute approximate surface area is 229 Å².